The summed E-state index contributed by atoms with van der Waals surface area (Å²) >= 11 is 0. The summed E-state index contributed by atoms with van der Waals surface area (Å²) < 4.78 is 45.5. The van der Waals surface area contributed by atoms with Gasteiger partial charge in [-0.1, -0.05) is 0 Å². The predicted octanol–water partition coefficient (Wildman–Crippen LogP) is 1.92. The molecule has 2 aromatic rings. The number of sulfonamides is 1. The van der Waals surface area contributed by atoms with Crippen LogP contribution in [0.3, 0.4) is 0 Å². The van der Waals surface area contributed by atoms with Crippen molar-refractivity contribution in [3.8, 4) is 5.75 Å². The van der Waals surface area contributed by atoms with Gasteiger partial charge < -0.3 is 10.1 Å². The van der Waals surface area contributed by atoms with E-state index < -0.39 is 21.9 Å². The molecule has 7 nitrogen and oxygen atoms in total. The second-order valence-electron chi connectivity index (χ2n) is 5.58. The van der Waals surface area contributed by atoms with E-state index in [-0.39, 0.29) is 27.9 Å². The van der Waals surface area contributed by atoms with Crippen LogP contribution in [0.15, 0.2) is 41.4 Å². The van der Waals surface area contributed by atoms with Gasteiger partial charge in [-0.2, -0.15) is 4.39 Å². The van der Waals surface area contributed by atoms with Crippen LogP contribution in [0, 0.1) is 5.95 Å². The smallest absolute Gasteiger partial charge is 0.255 e. The van der Waals surface area contributed by atoms with E-state index in [1.54, 1.807) is 0 Å². The Morgan fingerprint density at radius 1 is 1.28 bits per heavy atom. The van der Waals surface area contributed by atoms with Gasteiger partial charge in [0.2, 0.25) is 16.0 Å². The molecule has 25 heavy (non-hydrogen) atoms. The lowest BCUT2D eigenvalue weighted by Gasteiger charge is -2.13. The zero-order valence-electron chi connectivity index (χ0n) is 13.3. The van der Waals surface area contributed by atoms with Gasteiger partial charge in [-0.15, -0.1) is 0 Å². The number of nitrogens with one attached hydrogen (secondary N) is 2. The van der Waals surface area contributed by atoms with Crippen LogP contribution in [0.25, 0.3) is 0 Å². The standard InChI is InChI=1S/C16H16FN3O4S/c1-24-14-5-4-12(25(22,23)20-11-2-3-11)9-13(14)19-16(21)10-6-7-18-15(17)8-10/h4-9,11,20H,2-3H2,1H3,(H,19,21). The van der Waals surface area contributed by atoms with Gasteiger partial charge in [0.15, 0.2) is 0 Å². The Kier molecular flexibility index (Phi) is 4.69. The summed E-state index contributed by atoms with van der Waals surface area (Å²) in [6.45, 7) is 0. The summed E-state index contributed by atoms with van der Waals surface area (Å²) in [4.78, 5) is 15.7. The Hall–Kier alpha value is -2.52. The highest BCUT2D eigenvalue weighted by Gasteiger charge is 2.28. The Labute approximate surface area is 144 Å². The molecule has 132 valence electrons. The van der Waals surface area contributed by atoms with E-state index in [4.69, 9.17) is 4.74 Å². The van der Waals surface area contributed by atoms with E-state index in [2.05, 4.69) is 15.0 Å². The number of hydrogen-bond donors (Lipinski definition) is 2. The molecule has 1 aliphatic rings. The van der Waals surface area contributed by atoms with Gasteiger partial charge in [0.25, 0.3) is 5.91 Å². The molecular formula is C16H16FN3O4S. The Balaban J connectivity index is 1.88. The van der Waals surface area contributed by atoms with Crippen molar-refractivity contribution < 1.29 is 22.3 Å². The van der Waals surface area contributed by atoms with E-state index in [1.807, 2.05) is 0 Å². The van der Waals surface area contributed by atoms with E-state index >= 15 is 0 Å². The molecular weight excluding hydrogens is 349 g/mol. The lowest BCUT2D eigenvalue weighted by atomic mass is 10.2. The fraction of sp³-hybridized carbons (Fsp3) is 0.250. The van der Waals surface area contributed by atoms with Crippen molar-refractivity contribution in [2.24, 2.45) is 0 Å². The zero-order chi connectivity index (χ0) is 18.0. The van der Waals surface area contributed by atoms with Gasteiger partial charge in [-0.3, -0.25) is 4.79 Å². The number of amides is 1. The van der Waals surface area contributed by atoms with Crippen LogP contribution < -0.4 is 14.8 Å². The molecule has 2 N–H and O–H groups in total. The minimum atomic E-state index is -3.68. The SMILES string of the molecule is COc1ccc(S(=O)(=O)NC2CC2)cc1NC(=O)c1ccnc(F)c1. The molecule has 1 heterocycles. The van der Waals surface area contributed by atoms with E-state index in [1.165, 1.54) is 37.6 Å². The van der Waals surface area contributed by atoms with Crippen molar-refractivity contribution in [2.45, 2.75) is 23.8 Å². The molecule has 0 atom stereocenters. The lowest BCUT2D eigenvalue weighted by Crippen LogP contribution is -2.26. The van der Waals surface area contributed by atoms with Gasteiger partial charge in [-0.25, -0.2) is 18.1 Å². The Morgan fingerprint density at radius 3 is 2.68 bits per heavy atom. The first-order valence-electron chi connectivity index (χ1n) is 7.52. The van der Waals surface area contributed by atoms with E-state index in [0.29, 0.717) is 0 Å². The zero-order valence-corrected chi connectivity index (χ0v) is 14.1. The Bertz CT molecular complexity index is 913. The molecule has 0 radical (unpaired) electrons. The number of rotatable bonds is 6. The number of hydrogen-bond acceptors (Lipinski definition) is 5. The number of pyridine rings is 1. The largest absolute Gasteiger partial charge is 0.495 e. The maximum Gasteiger partial charge on any atom is 0.255 e. The molecule has 1 aliphatic carbocycles. The van der Waals surface area contributed by atoms with Crippen LogP contribution in [0.4, 0.5) is 10.1 Å². The minimum absolute atomic E-state index is 0.0106. The molecule has 0 aliphatic heterocycles. The molecule has 9 heteroatoms. The van der Waals surface area contributed by atoms with E-state index in [0.717, 1.165) is 18.9 Å². The maximum atomic E-state index is 13.2. The molecule has 0 unspecified atom stereocenters. The first kappa shape index (κ1) is 17.3. The topological polar surface area (TPSA) is 97.4 Å². The first-order chi connectivity index (χ1) is 11.9. The minimum Gasteiger partial charge on any atom is -0.495 e. The molecule has 1 saturated carbocycles. The van der Waals surface area contributed by atoms with Gasteiger partial charge in [0.1, 0.15) is 5.75 Å². The Morgan fingerprint density at radius 2 is 2.04 bits per heavy atom. The van der Waals surface area contributed by atoms with Crippen LogP contribution >= 0.6 is 0 Å². The number of carbonyl (C=O) groups excluding carboxylic acids is 1. The average molecular weight is 365 g/mol. The van der Waals surface area contributed by atoms with E-state index in [9.17, 15) is 17.6 Å². The summed E-state index contributed by atoms with van der Waals surface area (Å²) in [5, 5.41) is 2.54. The molecule has 0 bridgehead atoms. The normalized spacial score (nSPS) is 14.2. The van der Waals surface area contributed by atoms with Crippen molar-refractivity contribution >= 4 is 21.6 Å². The molecule has 1 aromatic heterocycles. The van der Waals surface area contributed by atoms with Crippen LogP contribution in [-0.2, 0) is 10.0 Å². The summed E-state index contributed by atoms with van der Waals surface area (Å²) in [5.41, 5.74) is 0.224. The molecule has 1 amide bonds. The highest BCUT2D eigenvalue weighted by Crippen LogP contribution is 2.29. The average Bonchev–Trinajstić information content (AvgIpc) is 3.38. The molecule has 0 spiro atoms. The number of carbonyl (C=O) groups is 1. The third kappa shape index (κ3) is 4.12. The van der Waals surface area contributed by atoms with Crippen molar-refractivity contribution in [1.82, 2.24) is 9.71 Å². The molecule has 3 rings (SSSR count). The fourth-order valence-corrected chi connectivity index (χ4v) is 3.51. The van der Waals surface area contributed by atoms with Gasteiger partial charge in [0.05, 0.1) is 17.7 Å². The van der Waals surface area contributed by atoms with Crippen molar-refractivity contribution in [2.75, 3.05) is 12.4 Å². The number of halogens is 1. The summed E-state index contributed by atoms with van der Waals surface area (Å²) in [5.74, 6) is -1.11. The number of anilines is 1. The highest BCUT2D eigenvalue weighted by molar-refractivity contribution is 7.89. The highest BCUT2D eigenvalue weighted by atomic mass is 32.2. The number of ether oxygens (including phenoxy) is 1. The summed E-state index contributed by atoms with van der Waals surface area (Å²) in [6, 6.07) is 6.44. The maximum absolute atomic E-state index is 13.2. The first-order valence-corrected chi connectivity index (χ1v) is 9.00. The van der Waals surface area contributed by atoms with Crippen molar-refractivity contribution in [3.63, 3.8) is 0 Å². The summed E-state index contributed by atoms with van der Waals surface area (Å²) in [7, 11) is -2.28. The number of nitrogens with zero attached hydrogens (tertiary/aromatic N) is 1. The summed E-state index contributed by atoms with van der Waals surface area (Å²) in [6.07, 6.45) is 2.79. The molecule has 0 saturated heterocycles. The molecule has 1 fully saturated rings. The lowest BCUT2D eigenvalue weighted by molar-refractivity contribution is 0.102. The van der Waals surface area contributed by atoms with Crippen LogP contribution in [0.5, 0.6) is 5.75 Å². The quantitative estimate of drug-likeness (QED) is 0.763. The van der Waals surface area contributed by atoms with Crippen molar-refractivity contribution in [3.05, 3.63) is 48.0 Å². The second kappa shape index (κ2) is 6.77. The van der Waals surface area contributed by atoms with Crippen LogP contribution in [0.2, 0.25) is 0 Å². The van der Waals surface area contributed by atoms with Gasteiger partial charge in [0, 0.05) is 23.9 Å². The fourth-order valence-electron chi connectivity index (χ4n) is 2.18. The monoisotopic (exact) mass is 365 g/mol. The third-order valence-corrected chi connectivity index (χ3v) is 5.14. The number of aromatic nitrogens is 1. The second-order valence-corrected chi connectivity index (χ2v) is 7.29. The van der Waals surface area contributed by atoms with Gasteiger partial charge >= 0.3 is 0 Å². The predicted molar refractivity (Wildman–Crippen MR) is 88.5 cm³/mol. The third-order valence-electron chi connectivity index (χ3n) is 3.62. The van der Waals surface area contributed by atoms with Crippen LogP contribution in [0.1, 0.15) is 23.2 Å². The van der Waals surface area contributed by atoms with Crippen molar-refractivity contribution in [1.29, 1.82) is 0 Å². The van der Waals surface area contributed by atoms with Crippen LogP contribution in [-0.4, -0.2) is 32.5 Å². The molecule has 1 aromatic carbocycles. The number of methoxy groups -OCH3 is 1. The number of benzene rings is 1. The van der Waals surface area contributed by atoms with Gasteiger partial charge in [-0.05, 0) is 37.1 Å².